The Labute approximate surface area is 123 Å². The van der Waals surface area contributed by atoms with E-state index in [1.165, 1.54) is 0 Å². The van der Waals surface area contributed by atoms with Gasteiger partial charge in [-0.3, -0.25) is 4.79 Å². The van der Waals surface area contributed by atoms with E-state index in [0.29, 0.717) is 5.58 Å². The number of benzene rings is 1. The Kier molecular flexibility index (Phi) is 4.98. The molecular weight excluding hydrogens is 270 g/mol. The van der Waals surface area contributed by atoms with Gasteiger partial charge in [0, 0.05) is 11.4 Å². The zero-order chi connectivity index (χ0) is 15.2. The molecule has 112 valence electrons. The molecule has 5 nitrogen and oxygen atoms in total. The maximum atomic E-state index is 11.8. The lowest BCUT2D eigenvalue weighted by Crippen LogP contribution is -2.35. The van der Waals surface area contributed by atoms with Gasteiger partial charge in [0.1, 0.15) is 5.58 Å². The first-order valence-electron chi connectivity index (χ1n) is 7.05. The molecule has 1 atom stereocenters. The van der Waals surface area contributed by atoms with Crippen molar-refractivity contribution in [3.63, 3.8) is 0 Å². The van der Waals surface area contributed by atoms with E-state index in [-0.39, 0.29) is 24.3 Å². The predicted molar refractivity (Wildman–Crippen MR) is 79.0 cm³/mol. The van der Waals surface area contributed by atoms with Crippen LogP contribution < -0.4 is 5.32 Å². The summed E-state index contributed by atoms with van der Waals surface area (Å²) in [5.74, 6) is -0.837. The molecule has 0 spiro atoms. The quantitative estimate of drug-likeness (QED) is 0.830. The van der Waals surface area contributed by atoms with Crippen molar-refractivity contribution in [2.45, 2.75) is 32.7 Å². The van der Waals surface area contributed by atoms with Crippen LogP contribution in [0.3, 0.4) is 0 Å². The smallest absolute Gasteiger partial charge is 0.374 e. The first kappa shape index (κ1) is 15.1. The summed E-state index contributed by atoms with van der Waals surface area (Å²) in [4.78, 5) is 23.5. The highest BCUT2D eigenvalue weighted by atomic mass is 16.5. The van der Waals surface area contributed by atoms with Gasteiger partial charge in [0.2, 0.25) is 5.76 Å². The van der Waals surface area contributed by atoms with Crippen LogP contribution in [0.25, 0.3) is 11.0 Å². The van der Waals surface area contributed by atoms with Crippen LogP contribution in [-0.2, 0) is 9.53 Å². The Morgan fingerprint density at radius 3 is 2.81 bits per heavy atom. The number of fused-ring (bicyclic) bond motifs is 1. The summed E-state index contributed by atoms with van der Waals surface area (Å²) in [5.41, 5.74) is 0.616. The van der Waals surface area contributed by atoms with Crippen molar-refractivity contribution < 1.29 is 18.7 Å². The molecule has 0 bridgehead atoms. The molecule has 0 saturated carbocycles. The Morgan fingerprint density at radius 1 is 1.33 bits per heavy atom. The molecule has 1 aromatic heterocycles. The second-order valence-electron chi connectivity index (χ2n) is 4.98. The summed E-state index contributed by atoms with van der Waals surface area (Å²) in [7, 11) is 0. The highest BCUT2D eigenvalue weighted by molar-refractivity contribution is 5.93. The summed E-state index contributed by atoms with van der Waals surface area (Å²) in [6, 6.07) is 8.97. The first-order valence-corrected chi connectivity index (χ1v) is 7.05. The SMILES string of the molecule is CCC[C@H](C)NC(=O)COC(=O)c1cc2ccccc2o1. The predicted octanol–water partition coefficient (Wildman–Crippen LogP) is 2.89. The van der Waals surface area contributed by atoms with E-state index in [4.69, 9.17) is 9.15 Å². The van der Waals surface area contributed by atoms with Crippen molar-refractivity contribution in [2.75, 3.05) is 6.61 Å². The third-order valence-corrected chi connectivity index (χ3v) is 3.09. The van der Waals surface area contributed by atoms with Gasteiger partial charge in [-0.1, -0.05) is 31.5 Å². The maximum absolute atomic E-state index is 11.8. The van der Waals surface area contributed by atoms with E-state index >= 15 is 0 Å². The maximum Gasteiger partial charge on any atom is 0.374 e. The van der Waals surface area contributed by atoms with E-state index in [9.17, 15) is 9.59 Å². The lowest BCUT2D eigenvalue weighted by molar-refractivity contribution is -0.124. The van der Waals surface area contributed by atoms with E-state index in [0.717, 1.165) is 18.2 Å². The van der Waals surface area contributed by atoms with Gasteiger partial charge < -0.3 is 14.5 Å². The van der Waals surface area contributed by atoms with E-state index in [1.54, 1.807) is 12.1 Å². The topological polar surface area (TPSA) is 68.5 Å². The molecular formula is C16H19NO4. The number of nitrogens with one attached hydrogen (secondary N) is 1. The number of hydrogen-bond acceptors (Lipinski definition) is 4. The highest BCUT2D eigenvalue weighted by Crippen LogP contribution is 2.19. The van der Waals surface area contributed by atoms with Gasteiger partial charge in [0.05, 0.1) is 0 Å². The molecule has 2 rings (SSSR count). The molecule has 0 aliphatic rings. The molecule has 21 heavy (non-hydrogen) atoms. The molecule has 0 fully saturated rings. The minimum absolute atomic E-state index is 0.0763. The molecule has 0 radical (unpaired) electrons. The average molecular weight is 289 g/mol. The van der Waals surface area contributed by atoms with Crippen LogP contribution in [-0.4, -0.2) is 24.5 Å². The molecule has 5 heteroatoms. The zero-order valence-electron chi connectivity index (χ0n) is 12.2. The number of ether oxygens (including phenoxy) is 1. The molecule has 0 aliphatic heterocycles. The number of carbonyl (C=O) groups excluding carboxylic acids is 2. The molecule has 1 N–H and O–H groups in total. The Morgan fingerprint density at radius 2 is 2.10 bits per heavy atom. The molecule has 0 saturated heterocycles. The van der Waals surface area contributed by atoms with Crippen LogP contribution in [0.15, 0.2) is 34.7 Å². The molecule has 2 aromatic rings. The van der Waals surface area contributed by atoms with Crippen molar-refractivity contribution in [3.05, 3.63) is 36.1 Å². The molecule has 1 heterocycles. The average Bonchev–Trinajstić information content (AvgIpc) is 2.89. The zero-order valence-corrected chi connectivity index (χ0v) is 12.2. The molecule has 1 aromatic carbocycles. The Bertz CT molecular complexity index is 599. The highest BCUT2D eigenvalue weighted by Gasteiger charge is 2.15. The van der Waals surface area contributed by atoms with Crippen molar-refractivity contribution in [2.24, 2.45) is 0 Å². The van der Waals surface area contributed by atoms with Gasteiger partial charge in [-0.05, 0) is 25.5 Å². The van der Waals surface area contributed by atoms with Crippen LogP contribution in [0, 0.1) is 0 Å². The number of rotatable bonds is 6. The van der Waals surface area contributed by atoms with Crippen LogP contribution in [0.4, 0.5) is 0 Å². The summed E-state index contributed by atoms with van der Waals surface area (Å²) in [5, 5.41) is 3.59. The van der Waals surface area contributed by atoms with Crippen LogP contribution >= 0.6 is 0 Å². The van der Waals surface area contributed by atoms with Gasteiger partial charge in [0.25, 0.3) is 5.91 Å². The Hall–Kier alpha value is -2.30. The molecule has 0 unspecified atom stereocenters. The molecule has 1 amide bonds. The largest absolute Gasteiger partial charge is 0.450 e. The van der Waals surface area contributed by atoms with Crippen molar-refractivity contribution >= 4 is 22.8 Å². The van der Waals surface area contributed by atoms with Crippen LogP contribution in [0.1, 0.15) is 37.2 Å². The number of furan rings is 1. The third kappa shape index (κ3) is 4.08. The first-order chi connectivity index (χ1) is 10.1. The van der Waals surface area contributed by atoms with Gasteiger partial charge in [0.15, 0.2) is 6.61 Å². The number of esters is 1. The fourth-order valence-corrected chi connectivity index (χ4v) is 2.11. The van der Waals surface area contributed by atoms with Gasteiger partial charge in [-0.15, -0.1) is 0 Å². The number of carbonyl (C=O) groups is 2. The van der Waals surface area contributed by atoms with Crippen molar-refractivity contribution in [1.82, 2.24) is 5.32 Å². The summed E-state index contributed by atoms with van der Waals surface area (Å²) in [6.45, 7) is 3.66. The van der Waals surface area contributed by atoms with E-state index < -0.39 is 5.97 Å². The lowest BCUT2D eigenvalue weighted by atomic mass is 10.2. The normalized spacial score (nSPS) is 12.1. The van der Waals surface area contributed by atoms with Crippen molar-refractivity contribution in [3.8, 4) is 0 Å². The molecule has 0 aliphatic carbocycles. The van der Waals surface area contributed by atoms with Crippen LogP contribution in [0.2, 0.25) is 0 Å². The minimum Gasteiger partial charge on any atom is -0.450 e. The van der Waals surface area contributed by atoms with Crippen molar-refractivity contribution in [1.29, 1.82) is 0 Å². The third-order valence-electron chi connectivity index (χ3n) is 3.09. The fourth-order valence-electron chi connectivity index (χ4n) is 2.11. The van der Waals surface area contributed by atoms with E-state index in [2.05, 4.69) is 5.32 Å². The number of amides is 1. The summed E-state index contributed by atoms with van der Waals surface area (Å²) >= 11 is 0. The van der Waals surface area contributed by atoms with E-state index in [1.807, 2.05) is 32.0 Å². The second kappa shape index (κ2) is 6.92. The summed E-state index contributed by atoms with van der Waals surface area (Å²) in [6.07, 6.45) is 1.88. The monoisotopic (exact) mass is 289 g/mol. The second-order valence-corrected chi connectivity index (χ2v) is 4.98. The summed E-state index contributed by atoms with van der Waals surface area (Å²) < 4.78 is 10.3. The Balaban J connectivity index is 1.88. The van der Waals surface area contributed by atoms with Crippen LogP contribution in [0.5, 0.6) is 0 Å². The standard InChI is InChI=1S/C16H19NO4/c1-3-6-11(2)17-15(18)10-20-16(19)14-9-12-7-4-5-8-13(12)21-14/h4-5,7-9,11H,3,6,10H2,1-2H3,(H,17,18)/t11-/m0/s1. The fraction of sp³-hybridized carbons (Fsp3) is 0.375. The van der Waals surface area contributed by atoms with Gasteiger partial charge in [-0.2, -0.15) is 0 Å². The number of hydrogen-bond donors (Lipinski definition) is 1. The minimum atomic E-state index is -0.635. The van der Waals surface area contributed by atoms with Gasteiger partial charge in [-0.25, -0.2) is 4.79 Å². The lowest BCUT2D eigenvalue weighted by Gasteiger charge is -2.12. The van der Waals surface area contributed by atoms with Gasteiger partial charge >= 0.3 is 5.97 Å². The number of para-hydroxylation sites is 1.